The van der Waals surface area contributed by atoms with Crippen LogP contribution in [0, 0.1) is 16.0 Å². The zero-order valence-corrected chi connectivity index (χ0v) is 11.9. The fourth-order valence-corrected chi connectivity index (χ4v) is 2.58. The van der Waals surface area contributed by atoms with Crippen LogP contribution in [-0.4, -0.2) is 33.8 Å². The first-order chi connectivity index (χ1) is 9.43. The van der Waals surface area contributed by atoms with E-state index in [-0.39, 0.29) is 28.8 Å². The van der Waals surface area contributed by atoms with E-state index in [0.717, 1.165) is 6.07 Å². The lowest BCUT2D eigenvalue weighted by Gasteiger charge is -2.16. The maximum atomic E-state index is 11.9. The Kier molecular flexibility index (Phi) is 4.03. The minimum Gasteiger partial charge on any atom is -0.478 e. The standard InChI is InChI=1S/C12H11BrN2O5/c13-5-7-3-11(16)14(6-7)9-2-1-8(12(17)18)4-10(9)15(19)20/h1-2,4,7H,3,5-6H2,(H,17,18). The molecule has 1 atom stereocenters. The van der Waals surface area contributed by atoms with Gasteiger partial charge in [0.05, 0.1) is 10.5 Å². The van der Waals surface area contributed by atoms with Crippen LogP contribution in [0.2, 0.25) is 0 Å². The van der Waals surface area contributed by atoms with Crippen molar-refractivity contribution in [2.24, 2.45) is 5.92 Å². The molecule has 1 unspecified atom stereocenters. The van der Waals surface area contributed by atoms with Crippen molar-refractivity contribution in [1.29, 1.82) is 0 Å². The lowest BCUT2D eigenvalue weighted by molar-refractivity contribution is -0.384. The molecular weight excluding hydrogens is 332 g/mol. The third-order valence-corrected chi connectivity index (χ3v) is 4.05. The van der Waals surface area contributed by atoms with E-state index in [1.165, 1.54) is 17.0 Å². The molecule has 20 heavy (non-hydrogen) atoms. The molecular formula is C12H11BrN2O5. The van der Waals surface area contributed by atoms with Gasteiger partial charge in [-0.1, -0.05) is 15.9 Å². The molecule has 1 N–H and O–H groups in total. The van der Waals surface area contributed by atoms with E-state index in [9.17, 15) is 19.7 Å². The molecule has 8 heteroatoms. The van der Waals surface area contributed by atoms with E-state index in [1.54, 1.807) is 0 Å². The number of nitrogens with zero attached hydrogens (tertiary/aromatic N) is 2. The fraction of sp³-hybridized carbons (Fsp3) is 0.333. The van der Waals surface area contributed by atoms with Crippen LogP contribution < -0.4 is 4.90 Å². The molecule has 1 aromatic carbocycles. The molecule has 2 rings (SSSR count). The number of carboxylic acid groups (broad SMARTS) is 1. The molecule has 0 radical (unpaired) electrons. The highest BCUT2D eigenvalue weighted by atomic mass is 79.9. The largest absolute Gasteiger partial charge is 0.478 e. The van der Waals surface area contributed by atoms with Crippen LogP contribution in [0.15, 0.2) is 18.2 Å². The van der Waals surface area contributed by atoms with E-state index in [0.29, 0.717) is 18.3 Å². The molecule has 0 aromatic heterocycles. The van der Waals surface area contributed by atoms with Gasteiger partial charge in [0.25, 0.3) is 5.69 Å². The zero-order valence-electron chi connectivity index (χ0n) is 10.3. The monoisotopic (exact) mass is 342 g/mol. The Hall–Kier alpha value is -1.96. The van der Waals surface area contributed by atoms with E-state index < -0.39 is 10.9 Å². The van der Waals surface area contributed by atoms with Gasteiger partial charge in [0, 0.05) is 24.4 Å². The molecule has 1 aliphatic rings. The number of nitro groups is 1. The Balaban J connectivity index is 2.44. The topological polar surface area (TPSA) is 101 Å². The molecule has 1 amide bonds. The molecule has 7 nitrogen and oxygen atoms in total. The minimum absolute atomic E-state index is 0.0984. The molecule has 0 saturated carbocycles. The van der Waals surface area contributed by atoms with Gasteiger partial charge >= 0.3 is 5.97 Å². The molecule has 1 aromatic rings. The summed E-state index contributed by atoms with van der Waals surface area (Å²) in [6, 6.07) is 3.56. The maximum absolute atomic E-state index is 11.9. The highest BCUT2D eigenvalue weighted by Crippen LogP contribution is 2.34. The van der Waals surface area contributed by atoms with Crippen molar-refractivity contribution in [1.82, 2.24) is 0 Å². The number of carbonyl (C=O) groups excluding carboxylic acids is 1. The van der Waals surface area contributed by atoms with E-state index >= 15 is 0 Å². The molecule has 1 aliphatic heterocycles. The van der Waals surface area contributed by atoms with Gasteiger partial charge in [0.1, 0.15) is 5.69 Å². The van der Waals surface area contributed by atoms with Crippen molar-refractivity contribution in [2.75, 3.05) is 16.8 Å². The number of benzene rings is 1. The molecule has 0 aliphatic carbocycles. The Bertz CT molecular complexity index is 589. The Morgan fingerprint density at radius 2 is 2.25 bits per heavy atom. The lowest BCUT2D eigenvalue weighted by Crippen LogP contribution is -2.25. The summed E-state index contributed by atoms with van der Waals surface area (Å²) in [7, 11) is 0. The predicted octanol–water partition coefficient (Wildman–Crippen LogP) is 2.04. The Morgan fingerprint density at radius 1 is 1.55 bits per heavy atom. The van der Waals surface area contributed by atoms with E-state index in [4.69, 9.17) is 5.11 Å². The number of rotatable bonds is 4. The van der Waals surface area contributed by atoms with E-state index in [1.807, 2.05) is 0 Å². The van der Waals surface area contributed by atoms with Gasteiger partial charge < -0.3 is 10.0 Å². The summed E-state index contributed by atoms with van der Waals surface area (Å²) in [5.74, 6) is -1.34. The first kappa shape index (κ1) is 14.4. The van der Waals surface area contributed by atoms with Crippen molar-refractivity contribution in [3.05, 3.63) is 33.9 Å². The molecule has 0 spiro atoms. The Labute approximate surface area is 122 Å². The molecule has 1 fully saturated rings. The van der Waals surface area contributed by atoms with Gasteiger partial charge in [0.15, 0.2) is 0 Å². The number of hydrogen-bond acceptors (Lipinski definition) is 4. The minimum atomic E-state index is -1.24. The van der Waals surface area contributed by atoms with E-state index in [2.05, 4.69) is 15.9 Å². The Morgan fingerprint density at radius 3 is 2.75 bits per heavy atom. The van der Waals surface area contributed by atoms with Crippen LogP contribution in [0.25, 0.3) is 0 Å². The normalized spacial score (nSPS) is 18.4. The van der Waals surface area contributed by atoms with Gasteiger partial charge in [-0.25, -0.2) is 4.79 Å². The zero-order chi connectivity index (χ0) is 14.9. The van der Waals surface area contributed by atoms with Crippen molar-refractivity contribution in [3.8, 4) is 0 Å². The SMILES string of the molecule is O=C(O)c1ccc(N2CC(CBr)CC2=O)c([N+](=O)[O-])c1. The summed E-state index contributed by atoms with van der Waals surface area (Å²) < 4.78 is 0. The van der Waals surface area contributed by atoms with Gasteiger partial charge in [-0.05, 0) is 18.1 Å². The number of carboxylic acids is 1. The van der Waals surface area contributed by atoms with Gasteiger partial charge in [0.2, 0.25) is 5.91 Å². The third kappa shape index (κ3) is 2.64. The van der Waals surface area contributed by atoms with Crippen LogP contribution in [0.4, 0.5) is 11.4 Å². The number of aromatic carboxylic acids is 1. The maximum Gasteiger partial charge on any atom is 0.335 e. The fourth-order valence-electron chi connectivity index (χ4n) is 2.15. The van der Waals surface area contributed by atoms with Crippen LogP contribution in [-0.2, 0) is 4.79 Å². The molecule has 106 valence electrons. The summed E-state index contributed by atoms with van der Waals surface area (Å²) in [5, 5.41) is 20.6. The number of amides is 1. The number of anilines is 1. The number of nitro benzene ring substituents is 1. The van der Waals surface area contributed by atoms with Gasteiger partial charge in [-0.15, -0.1) is 0 Å². The van der Waals surface area contributed by atoms with Gasteiger partial charge in [-0.3, -0.25) is 14.9 Å². The average Bonchev–Trinajstić information content (AvgIpc) is 2.79. The first-order valence-corrected chi connectivity index (χ1v) is 6.94. The van der Waals surface area contributed by atoms with Crippen LogP contribution in [0.3, 0.4) is 0 Å². The molecule has 1 saturated heterocycles. The summed E-state index contributed by atoms with van der Waals surface area (Å²) in [4.78, 5) is 34.5. The van der Waals surface area contributed by atoms with Crippen LogP contribution >= 0.6 is 15.9 Å². The second kappa shape index (κ2) is 5.58. The number of alkyl halides is 1. The van der Waals surface area contributed by atoms with Crippen molar-refractivity contribution >= 4 is 39.2 Å². The summed E-state index contributed by atoms with van der Waals surface area (Å²) in [5.41, 5.74) is -0.397. The van der Waals surface area contributed by atoms with Gasteiger partial charge in [-0.2, -0.15) is 0 Å². The summed E-state index contributed by atoms with van der Waals surface area (Å²) in [6.07, 6.45) is 0.323. The second-order valence-corrected chi connectivity index (χ2v) is 5.14. The highest BCUT2D eigenvalue weighted by Gasteiger charge is 2.34. The van der Waals surface area contributed by atoms with Crippen molar-refractivity contribution in [2.45, 2.75) is 6.42 Å². The van der Waals surface area contributed by atoms with Crippen LogP contribution in [0.1, 0.15) is 16.8 Å². The lowest BCUT2D eigenvalue weighted by atomic mass is 10.1. The second-order valence-electron chi connectivity index (χ2n) is 4.49. The number of halogens is 1. The summed E-state index contributed by atoms with van der Waals surface area (Å²) in [6.45, 7) is 0.386. The van der Waals surface area contributed by atoms with Crippen molar-refractivity contribution < 1.29 is 19.6 Å². The smallest absolute Gasteiger partial charge is 0.335 e. The third-order valence-electron chi connectivity index (χ3n) is 3.13. The quantitative estimate of drug-likeness (QED) is 0.512. The predicted molar refractivity (Wildman–Crippen MR) is 74.3 cm³/mol. The molecule has 0 bridgehead atoms. The average molecular weight is 343 g/mol. The van der Waals surface area contributed by atoms with Crippen LogP contribution in [0.5, 0.6) is 0 Å². The molecule has 1 heterocycles. The van der Waals surface area contributed by atoms with Crippen molar-refractivity contribution in [3.63, 3.8) is 0 Å². The first-order valence-electron chi connectivity index (χ1n) is 5.82. The summed E-state index contributed by atoms with van der Waals surface area (Å²) >= 11 is 3.29. The highest BCUT2D eigenvalue weighted by molar-refractivity contribution is 9.09. The number of hydrogen-bond donors (Lipinski definition) is 1. The number of carbonyl (C=O) groups is 2.